The first-order valence-electron chi connectivity index (χ1n) is 6.57. The van der Waals surface area contributed by atoms with Gasteiger partial charge in [0.05, 0.1) is 17.9 Å². The van der Waals surface area contributed by atoms with E-state index in [1.165, 1.54) is 16.7 Å². The van der Waals surface area contributed by atoms with Crippen LogP contribution in [0.2, 0.25) is 0 Å². The Hall–Kier alpha value is -1.33. The van der Waals surface area contributed by atoms with E-state index in [0.717, 1.165) is 36.0 Å². The third-order valence-electron chi connectivity index (χ3n) is 3.43. The monoisotopic (exact) mass is 278 g/mol. The lowest BCUT2D eigenvalue weighted by Gasteiger charge is -2.08. The standard InChI is InChI=1S/C14H18N2O2S/c1-9-5-6-11(17-2)12-13(9)19-14(16-12)15-8-10-4-3-7-18-10/h5-6,10H,3-4,7-8H2,1-2H3,(H,15,16)/t10-/m1/s1. The smallest absolute Gasteiger partial charge is 0.184 e. The zero-order valence-electron chi connectivity index (χ0n) is 11.2. The van der Waals surface area contributed by atoms with Crippen LogP contribution in [0.15, 0.2) is 12.1 Å². The average Bonchev–Trinajstić information content (AvgIpc) is 3.06. The van der Waals surface area contributed by atoms with E-state index in [0.29, 0.717) is 6.10 Å². The second kappa shape index (κ2) is 5.35. The molecule has 0 spiro atoms. The molecular weight excluding hydrogens is 260 g/mol. The van der Waals surface area contributed by atoms with Gasteiger partial charge in [0.15, 0.2) is 5.13 Å². The van der Waals surface area contributed by atoms with Crippen LogP contribution < -0.4 is 10.1 Å². The molecule has 1 fully saturated rings. The van der Waals surface area contributed by atoms with E-state index in [9.17, 15) is 0 Å². The van der Waals surface area contributed by atoms with E-state index >= 15 is 0 Å². The van der Waals surface area contributed by atoms with Gasteiger partial charge in [-0.25, -0.2) is 4.98 Å². The summed E-state index contributed by atoms with van der Waals surface area (Å²) in [7, 11) is 1.68. The minimum Gasteiger partial charge on any atom is -0.494 e. The maximum atomic E-state index is 5.61. The Morgan fingerprint density at radius 1 is 1.53 bits per heavy atom. The molecule has 19 heavy (non-hydrogen) atoms. The summed E-state index contributed by atoms with van der Waals surface area (Å²) in [5.74, 6) is 0.835. The lowest BCUT2D eigenvalue weighted by atomic mass is 10.2. The van der Waals surface area contributed by atoms with Gasteiger partial charge in [0.2, 0.25) is 0 Å². The summed E-state index contributed by atoms with van der Waals surface area (Å²) < 4.78 is 12.2. The van der Waals surface area contributed by atoms with E-state index < -0.39 is 0 Å². The van der Waals surface area contributed by atoms with Crippen molar-refractivity contribution in [3.8, 4) is 5.75 Å². The third kappa shape index (κ3) is 2.53. The Morgan fingerprint density at radius 3 is 3.16 bits per heavy atom. The van der Waals surface area contributed by atoms with E-state index in [1.54, 1.807) is 18.4 Å². The predicted molar refractivity (Wildman–Crippen MR) is 78.4 cm³/mol. The van der Waals surface area contributed by atoms with Crippen molar-refractivity contribution in [1.29, 1.82) is 0 Å². The minimum atomic E-state index is 0.329. The largest absolute Gasteiger partial charge is 0.494 e. The fraction of sp³-hybridized carbons (Fsp3) is 0.500. The van der Waals surface area contributed by atoms with Crippen molar-refractivity contribution < 1.29 is 9.47 Å². The molecule has 1 atom stereocenters. The van der Waals surface area contributed by atoms with Crippen LogP contribution in [0.25, 0.3) is 10.2 Å². The number of benzene rings is 1. The fourth-order valence-corrected chi connectivity index (χ4v) is 3.31. The maximum absolute atomic E-state index is 5.61. The first-order chi connectivity index (χ1) is 9.28. The molecule has 1 N–H and O–H groups in total. The van der Waals surface area contributed by atoms with E-state index in [1.807, 2.05) is 6.07 Å². The summed E-state index contributed by atoms with van der Waals surface area (Å²) >= 11 is 1.68. The SMILES string of the molecule is COc1ccc(C)c2sc(NC[C@H]3CCCO3)nc12. The number of hydrogen-bond acceptors (Lipinski definition) is 5. The molecule has 4 nitrogen and oxygen atoms in total. The molecule has 0 aliphatic carbocycles. The van der Waals surface area contributed by atoms with Gasteiger partial charge in [-0.15, -0.1) is 0 Å². The van der Waals surface area contributed by atoms with Crippen molar-refractivity contribution in [2.75, 3.05) is 25.6 Å². The highest BCUT2D eigenvalue weighted by atomic mass is 32.1. The molecule has 0 saturated carbocycles. The molecule has 102 valence electrons. The molecule has 2 aromatic rings. The zero-order valence-corrected chi connectivity index (χ0v) is 12.0. The van der Waals surface area contributed by atoms with E-state index in [2.05, 4.69) is 23.3 Å². The van der Waals surface area contributed by atoms with Crippen molar-refractivity contribution in [2.45, 2.75) is 25.9 Å². The molecular formula is C14H18N2O2S. The van der Waals surface area contributed by atoms with Crippen LogP contribution in [0.1, 0.15) is 18.4 Å². The van der Waals surface area contributed by atoms with Gasteiger partial charge in [0, 0.05) is 13.2 Å². The second-order valence-corrected chi connectivity index (χ2v) is 5.80. The summed E-state index contributed by atoms with van der Waals surface area (Å²) in [5.41, 5.74) is 2.18. The molecule has 3 rings (SSSR count). The van der Waals surface area contributed by atoms with Crippen LogP contribution in [-0.4, -0.2) is 31.3 Å². The normalized spacial score (nSPS) is 18.9. The first-order valence-corrected chi connectivity index (χ1v) is 7.39. The minimum absolute atomic E-state index is 0.329. The Bertz CT molecular complexity index is 576. The third-order valence-corrected chi connectivity index (χ3v) is 4.58. The number of nitrogens with zero attached hydrogens (tertiary/aromatic N) is 1. The Labute approximate surface area is 116 Å². The van der Waals surface area contributed by atoms with Crippen LogP contribution in [0.5, 0.6) is 5.75 Å². The van der Waals surface area contributed by atoms with Crippen molar-refractivity contribution in [3.05, 3.63) is 17.7 Å². The summed E-state index contributed by atoms with van der Waals surface area (Å²) in [5, 5.41) is 4.32. The first kappa shape index (κ1) is 12.7. The molecule has 1 aliphatic rings. The summed E-state index contributed by atoms with van der Waals surface area (Å²) in [6.07, 6.45) is 2.63. The molecule has 0 amide bonds. The molecule has 0 unspecified atom stereocenters. The number of hydrogen-bond donors (Lipinski definition) is 1. The zero-order chi connectivity index (χ0) is 13.2. The molecule has 1 aromatic carbocycles. The van der Waals surface area contributed by atoms with Crippen LogP contribution in [0, 0.1) is 6.92 Å². The van der Waals surface area contributed by atoms with Gasteiger partial charge in [0.1, 0.15) is 11.3 Å². The quantitative estimate of drug-likeness (QED) is 0.932. The average molecular weight is 278 g/mol. The molecule has 1 aliphatic heterocycles. The van der Waals surface area contributed by atoms with Gasteiger partial charge >= 0.3 is 0 Å². The maximum Gasteiger partial charge on any atom is 0.184 e. The highest BCUT2D eigenvalue weighted by Gasteiger charge is 2.16. The molecule has 5 heteroatoms. The van der Waals surface area contributed by atoms with Gasteiger partial charge in [-0.3, -0.25) is 0 Å². The van der Waals surface area contributed by atoms with Crippen molar-refractivity contribution in [3.63, 3.8) is 0 Å². The summed E-state index contributed by atoms with van der Waals surface area (Å²) in [6, 6.07) is 4.05. The Balaban J connectivity index is 1.82. The topological polar surface area (TPSA) is 43.4 Å². The highest BCUT2D eigenvalue weighted by Crippen LogP contribution is 2.34. The van der Waals surface area contributed by atoms with Crippen LogP contribution in [0.4, 0.5) is 5.13 Å². The number of thiazole rings is 1. The number of nitrogens with one attached hydrogen (secondary N) is 1. The number of methoxy groups -OCH3 is 1. The van der Waals surface area contributed by atoms with Crippen molar-refractivity contribution in [2.24, 2.45) is 0 Å². The predicted octanol–water partition coefficient (Wildman–Crippen LogP) is 3.20. The molecule has 1 saturated heterocycles. The Morgan fingerprint density at radius 2 is 2.42 bits per heavy atom. The fourth-order valence-electron chi connectivity index (χ4n) is 2.36. The van der Waals surface area contributed by atoms with Crippen molar-refractivity contribution in [1.82, 2.24) is 4.98 Å². The second-order valence-electron chi connectivity index (χ2n) is 4.80. The van der Waals surface area contributed by atoms with Gasteiger partial charge < -0.3 is 14.8 Å². The number of anilines is 1. The van der Waals surface area contributed by atoms with E-state index in [-0.39, 0.29) is 0 Å². The lowest BCUT2D eigenvalue weighted by molar-refractivity contribution is 0.120. The molecule has 0 bridgehead atoms. The summed E-state index contributed by atoms with van der Waals surface area (Å²) in [4.78, 5) is 4.63. The van der Waals surface area contributed by atoms with Gasteiger partial charge in [-0.1, -0.05) is 17.4 Å². The lowest BCUT2D eigenvalue weighted by Crippen LogP contribution is -2.18. The Kier molecular flexibility index (Phi) is 3.57. The number of aromatic nitrogens is 1. The van der Waals surface area contributed by atoms with Crippen LogP contribution in [-0.2, 0) is 4.74 Å². The highest BCUT2D eigenvalue weighted by molar-refractivity contribution is 7.22. The molecule has 2 heterocycles. The van der Waals surface area contributed by atoms with Gasteiger partial charge in [-0.05, 0) is 31.4 Å². The molecule has 0 radical (unpaired) electrons. The number of fused-ring (bicyclic) bond motifs is 1. The van der Waals surface area contributed by atoms with Crippen molar-refractivity contribution >= 4 is 26.7 Å². The van der Waals surface area contributed by atoms with E-state index in [4.69, 9.17) is 9.47 Å². The van der Waals surface area contributed by atoms with Gasteiger partial charge in [-0.2, -0.15) is 0 Å². The number of ether oxygens (including phenoxy) is 2. The molecule has 1 aromatic heterocycles. The summed E-state index contributed by atoms with van der Waals surface area (Å²) in [6.45, 7) is 3.82. The number of rotatable bonds is 4. The number of aryl methyl sites for hydroxylation is 1. The van der Waals surface area contributed by atoms with Gasteiger partial charge in [0.25, 0.3) is 0 Å². The van der Waals surface area contributed by atoms with Crippen LogP contribution in [0.3, 0.4) is 0 Å². The van der Waals surface area contributed by atoms with Crippen LogP contribution >= 0.6 is 11.3 Å².